The highest BCUT2D eigenvalue weighted by molar-refractivity contribution is 7.99. The van der Waals surface area contributed by atoms with E-state index in [0.717, 1.165) is 0 Å². The first-order chi connectivity index (χ1) is 7.54. The van der Waals surface area contributed by atoms with Crippen molar-refractivity contribution in [3.8, 4) is 12.3 Å². The van der Waals surface area contributed by atoms with Crippen molar-refractivity contribution in [2.75, 3.05) is 26.4 Å². The molecule has 0 bridgehead atoms. The summed E-state index contributed by atoms with van der Waals surface area (Å²) in [5.74, 6) is 2.30. The Hall–Kier alpha value is 0.150. The highest BCUT2D eigenvalue weighted by Crippen LogP contribution is 2.40. The van der Waals surface area contributed by atoms with E-state index in [0.29, 0.717) is 6.61 Å². The van der Waals surface area contributed by atoms with Gasteiger partial charge in [-0.05, 0) is 22.5 Å². The van der Waals surface area contributed by atoms with Crippen molar-refractivity contribution in [2.24, 2.45) is 0 Å². The van der Waals surface area contributed by atoms with Crippen LogP contribution in [0.1, 0.15) is 0 Å². The first kappa shape index (κ1) is 18.5. The lowest BCUT2D eigenvalue weighted by atomic mass is 10.4. The number of rotatable bonds is 7. The summed E-state index contributed by atoms with van der Waals surface area (Å²) in [5, 5.41) is 9.15. The van der Waals surface area contributed by atoms with Crippen molar-refractivity contribution in [3.63, 3.8) is 0 Å². The highest BCUT2D eigenvalue weighted by atomic mass is 35.9. The van der Waals surface area contributed by atoms with E-state index in [1.54, 1.807) is 6.08 Å². The van der Waals surface area contributed by atoms with Crippen LogP contribution in [0.4, 0.5) is 0 Å². The molecule has 0 aromatic rings. The lowest BCUT2D eigenvalue weighted by Crippen LogP contribution is -2.21. The van der Waals surface area contributed by atoms with Gasteiger partial charge in [-0.15, -0.1) is 13.0 Å². The summed E-state index contributed by atoms with van der Waals surface area (Å²) in [6.45, 7) is 2.91. The summed E-state index contributed by atoms with van der Waals surface area (Å²) < 4.78 is 9.86. The third-order valence-corrected chi connectivity index (χ3v) is 1.04. The lowest BCUT2D eigenvalue weighted by molar-refractivity contribution is -0.00543. The zero-order chi connectivity index (χ0) is 12.8. The molecule has 0 aromatic heterocycles. The molecule has 0 radical (unpaired) electrons. The Bertz CT molecular complexity index is 194. The number of hydrogen-bond donors (Lipinski definition) is 2. The van der Waals surface area contributed by atoms with Crippen LogP contribution in [0.15, 0.2) is 12.7 Å². The number of aliphatic hydroxyl groups excluding tert-OH is 1. The third kappa shape index (κ3) is 23.8. The largest absolute Gasteiger partial charge is 0.388 e. The molecule has 0 aliphatic heterocycles. The number of halogens is 2. The molecule has 1 atom stereocenters. The second kappa shape index (κ2) is 15.1. The van der Waals surface area contributed by atoms with Crippen molar-refractivity contribution in [3.05, 3.63) is 12.7 Å². The van der Waals surface area contributed by atoms with Gasteiger partial charge in [-0.2, -0.15) is 0 Å². The smallest absolute Gasteiger partial charge is 0.222 e. The van der Waals surface area contributed by atoms with Gasteiger partial charge in [0.1, 0.15) is 12.7 Å². The standard InChI is InChI=1S/C9H14O3.Cl2HOP/c1-3-5-11-7-9(10)8-12-6-4-2;1-4(2)3/h1,4,9-10H,2,5-8H2;3H. The SMILES string of the molecule is C#CCOCC(O)COCC=C.OP(Cl)Cl. The summed E-state index contributed by atoms with van der Waals surface area (Å²) in [7, 11) is 0. The first-order valence-corrected chi connectivity index (χ1v) is 7.33. The molecule has 2 N–H and O–H groups in total. The van der Waals surface area contributed by atoms with Gasteiger partial charge in [0, 0.05) is 0 Å². The van der Waals surface area contributed by atoms with Gasteiger partial charge in [0.05, 0.1) is 19.8 Å². The van der Waals surface area contributed by atoms with Crippen LogP contribution < -0.4 is 0 Å². The number of terminal acetylenes is 1. The second-order valence-corrected chi connectivity index (χ2v) is 5.28. The molecule has 4 nitrogen and oxygen atoms in total. The minimum absolute atomic E-state index is 0.210. The molecule has 16 heavy (non-hydrogen) atoms. The molecule has 0 heterocycles. The van der Waals surface area contributed by atoms with E-state index in [1.165, 1.54) is 0 Å². The zero-order valence-electron chi connectivity index (χ0n) is 8.68. The summed E-state index contributed by atoms with van der Waals surface area (Å²) in [5.41, 5.74) is 0. The van der Waals surface area contributed by atoms with E-state index < -0.39 is 13.0 Å². The van der Waals surface area contributed by atoms with E-state index in [-0.39, 0.29) is 19.8 Å². The molecule has 0 aliphatic rings. The van der Waals surface area contributed by atoms with Gasteiger partial charge in [-0.1, -0.05) is 12.0 Å². The number of hydrogen-bond acceptors (Lipinski definition) is 4. The molecule has 0 aromatic carbocycles. The topological polar surface area (TPSA) is 58.9 Å². The van der Waals surface area contributed by atoms with Crippen LogP contribution in [0.2, 0.25) is 0 Å². The van der Waals surface area contributed by atoms with Gasteiger partial charge in [0.25, 0.3) is 0 Å². The Morgan fingerprint density at radius 1 is 1.44 bits per heavy atom. The minimum atomic E-state index is -1.68. The van der Waals surface area contributed by atoms with Gasteiger partial charge in [0.2, 0.25) is 6.85 Å². The zero-order valence-corrected chi connectivity index (χ0v) is 11.1. The molecule has 0 aliphatic carbocycles. The predicted octanol–water partition coefficient (Wildman–Crippen LogP) is 1.88. The van der Waals surface area contributed by atoms with Crippen LogP contribution in [0.25, 0.3) is 0 Å². The van der Waals surface area contributed by atoms with Crippen LogP contribution in [0.5, 0.6) is 0 Å². The van der Waals surface area contributed by atoms with E-state index in [9.17, 15) is 0 Å². The van der Waals surface area contributed by atoms with Crippen molar-refractivity contribution in [1.82, 2.24) is 0 Å². The molecule has 0 spiro atoms. The lowest BCUT2D eigenvalue weighted by Gasteiger charge is -2.09. The fraction of sp³-hybridized carbons (Fsp3) is 0.556. The van der Waals surface area contributed by atoms with Crippen LogP contribution >= 0.6 is 29.3 Å². The summed E-state index contributed by atoms with van der Waals surface area (Å²) in [6.07, 6.45) is 5.94. The van der Waals surface area contributed by atoms with Crippen LogP contribution in [-0.4, -0.2) is 42.5 Å². The molecular weight excluding hydrogens is 274 g/mol. The monoisotopic (exact) mass is 288 g/mol. The summed E-state index contributed by atoms with van der Waals surface area (Å²) in [4.78, 5) is 7.65. The Balaban J connectivity index is 0. The van der Waals surface area contributed by atoms with Gasteiger partial charge in [-0.25, -0.2) is 0 Å². The second-order valence-electron chi connectivity index (χ2n) is 2.41. The molecule has 7 heteroatoms. The normalized spacial score (nSPS) is 11.2. The number of ether oxygens (including phenoxy) is 2. The Morgan fingerprint density at radius 3 is 2.38 bits per heavy atom. The Kier molecular flexibility index (Phi) is 17.5. The minimum Gasteiger partial charge on any atom is -0.388 e. The van der Waals surface area contributed by atoms with Crippen molar-refractivity contribution in [2.45, 2.75) is 6.10 Å². The molecule has 94 valence electrons. The van der Waals surface area contributed by atoms with Gasteiger partial charge in [-0.3, -0.25) is 0 Å². The fourth-order valence-corrected chi connectivity index (χ4v) is 0.589. The fourth-order valence-electron chi connectivity index (χ4n) is 0.589. The average molecular weight is 289 g/mol. The Labute approximate surface area is 107 Å². The molecule has 0 amide bonds. The molecule has 0 fully saturated rings. The van der Waals surface area contributed by atoms with E-state index in [4.69, 9.17) is 25.9 Å². The van der Waals surface area contributed by atoms with E-state index >= 15 is 0 Å². The van der Waals surface area contributed by atoms with Crippen molar-refractivity contribution >= 4 is 29.3 Å². The van der Waals surface area contributed by atoms with Crippen LogP contribution in [0.3, 0.4) is 0 Å². The highest BCUT2D eigenvalue weighted by Gasteiger charge is 2.02. The maximum Gasteiger partial charge on any atom is 0.222 e. The summed E-state index contributed by atoms with van der Waals surface area (Å²) >= 11 is 9.32. The molecule has 0 rings (SSSR count). The molecule has 0 saturated heterocycles. The average Bonchev–Trinajstić information content (AvgIpc) is 2.18. The maximum absolute atomic E-state index is 9.15. The van der Waals surface area contributed by atoms with E-state index in [2.05, 4.69) is 35.0 Å². The van der Waals surface area contributed by atoms with Crippen LogP contribution in [-0.2, 0) is 9.47 Å². The quantitative estimate of drug-likeness (QED) is 0.325. The Morgan fingerprint density at radius 2 is 1.94 bits per heavy atom. The summed E-state index contributed by atoms with van der Waals surface area (Å²) in [6, 6.07) is 0. The molecule has 0 saturated carbocycles. The molecule has 1 unspecified atom stereocenters. The molecular formula is C9H15Cl2O4P. The van der Waals surface area contributed by atoms with Gasteiger partial charge < -0.3 is 19.5 Å². The van der Waals surface area contributed by atoms with Gasteiger partial charge >= 0.3 is 0 Å². The number of aliphatic hydroxyl groups is 1. The van der Waals surface area contributed by atoms with Crippen LogP contribution in [0, 0.1) is 12.3 Å². The van der Waals surface area contributed by atoms with Crippen molar-refractivity contribution in [1.29, 1.82) is 0 Å². The van der Waals surface area contributed by atoms with Crippen molar-refractivity contribution < 1.29 is 19.5 Å². The maximum atomic E-state index is 9.15. The van der Waals surface area contributed by atoms with E-state index in [1.807, 2.05) is 0 Å². The van der Waals surface area contributed by atoms with Gasteiger partial charge in [0.15, 0.2) is 0 Å². The first-order valence-electron chi connectivity index (χ1n) is 4.23. The predicted molar refractivity (Wildman–Crippen MR) is 67.5 cm³/mol. The third-order valence-electron chi connectivity index (χ3n) is 1.04.